The maximum atomic E-state index is 14.4. The summed E-state index contributed by atoms with van der Waals surface area (Å²) in [6, 6.07) is 21.7. The van der Waals surface area contributed by atoms with Gasteiger partial charge in [0.15, 0.2) is 0 Å². The molecule has 4 aromatic rings. The Kier molecular flexibility index (Phi) is 26.5. The van der Waals surface area contributed by atoms with Crippen LogP contribution in [0, 0.1) is 5.82 Å². The maximum absolute atomic E-state index is 14.4. The van der Waals surface area contributed by atoms with Gasteiger partial charge in [0, 0.05) is 18.9 Å². The van der Waals surface area contributed by atoms with Gasteiger partial charge in [-0.05, 0) is 112 Å². The smallest absolute Gasteiger partial charge is 0.346 e. The lowest BCUT2D eigenvalue weighted by molar-refractivity contribution is -0.135. The zero-order valence-electron chi connectivity index (χ0n) is 39.6. The Bertz CT molecular complexity index is 2110. The first-order chi connectivity index (χ1) is 32.5. The highest BCUT2D eigenvalue weighted by Crippen LogP contribution is 2.22. The Morgan fingerprint density at radius 1 is 0.373 bits per heavy atom. The van der Waals surface area contributed by atoms with E-state index in [-0.39, 0.29) is 36.1 Å². The van der Waals surface area contributed by atoms with Gasteiger partial charge in [-0.15, -0.1) is 0 Å². The minimum atomic E-state index is -0.904. The lowest BCUT2D eigenvalue weighted by atomic mass is 10.1. The minimum Gasteiger partial charge on any atom is -0.462 e. The molecule has 0 atom stereocenters. The molecule has 4 aromatic carbocycles. The SMILES string of the molecule is CCCCCCCCCCC(=O)Oc1ccc(C(=O)Oc2ccc(C(=O)OCC)cc2)c(F)c1.CCCCCCCCCCC(=O)Oc1ccc(C(=O)Oc2ccc(C(=O)OCC)cc2)cc1. The fraction of sp³-hybridized carbons (Fsp3) is 0.444. The van der Waals surface area contributed by atoms with Crippen molar-refractivity contribution >= 4 is 35.8 Å². The number of carbonyl (C=O) groups is 6. The van der Waals surface area contributed by atoms with Crippen molar-refractivity contribution in [2.45, 2.75) is 143 Å². The molecule has 0 amide bonds. The first-order valence-corrected chi connectivity index (χ1v) is 23.8. The van der Waals surface area contributed by atoms with Crippen LogP contribution in [0.4, 0.5) is 4.39 Å². The lowest BCUT2D eigenvalue weighted by Gasteiger charge is -2.08. The molecule has 0 bridgehead atoms. The Morgan fingerprint density at radius 2 is 0.701 bits per heavy atom. The fourth-order valence-electron chi connectivity index (χ4n) is 6.63. The van der Waals surface area contributed by atoms with Crippen LogP contribution in [0.5, 0.6) is 23.0 Å². The van der Waals surface area contributed by atoms with Gasteiger partial charge in [-0.2, -0.15) is 0 Å². The van der Waals surface area contributed by atoms with Gasteiger partial charge in [0.25, 0.3) is 0 Å². The molecule has 0 fully saturated rings. The molecule has 12 nitrogen and oxygen atoms in total. The van der Waals surface area contributed by atoms with Crippen LogP contribution >= 0.6 is 0 Å². The Labute approximate surface area is 394 Å². The van der Waals surface area contributed by atoms with E-state index in [9.17, 15) is 33.2 Å². The van der Waals surface area contributed by atoms with Gasteiger partial charge < -0.3 is 28.4 Å². The summed E-state index contributed by atoms with van der Waals surface area (Å²) in [5, 5.41) is 0. The van der Waals surface area contributed by atoms with Crippen molar-refractivity contribution in [1.82, 2.24) is 0 Å². The molecule has 0 aromatic heterocycles. The van der Waals surface area contributed by atoms with E-state index in [1.807, 2.05) is 0 Å². The highest BCUT2D eigenvalue weighted by atomic mass is 19.1. The zero-order valence-corrected chi connectivity index (χ0v) is 39.6. The van der Waals surface area contributed by atoms with E-state index in [2.05, 4.69) is 13.8 Å². The number of halogens is 1. The molecular formula is C54H67FO12. The molecule has 0 N–H and O–H groups in total. The molecular weight excluding hydrogens is 860 g/mol. The predicted molar refractivity (Wildman–Crippen MR) is 253 cm³/mol. The van der Waals surface area contributed by atoms with Gasteiger partial charge in [0.2, 0.25) is 0 Å². The van der Waals surface area contributed by atoms with E-state index < -0.39 is 35.7 Å². The number of hydrogen-bond acceptors (Lipinski definition) is 12. The molecule has 13 heteroatoms. The van der Waals surface area contributed by atoms with Crippen LogP contribution in [0.25, 0.3) is 0 Å². The van der Waals surface area contributed by atoms with Gasteiger partial charge in [-0.25, -0.2) is 23.6 Å². The quantitative estimate of drug-likeness (QED) is 0.0302. The number of ether oxygens (including phenoxy) is 6. The lowest BCUT2D eigenvalue weighted by Crippen LogP contribution is -2.12. The average Bonchev–Trinajstić information content (AvgIpc) is 3.31. The Morgan fingerprint density at radius 3 is 1.09 bits per heavy atom. The first kappa shape index (κ1) is 55.0. The van der Waals surface area contributed by atoms with E-state index in [1.165, 1.54) is 125 Å². The number of esters is 6. The third-order valence-corrected chi connectivity index (χ3v) is 10.3. The summed E-state index contributed by atoms with van der Waals surface area (Å²) in [4.78, 5) is 72.0. The number of rotatable bonds is 28. The van der Waals surface area contributed by atoms with Crippen LogP contribution in [-0.4, -0.2) is 49.0 Å². The number of unbranched alkanes of at least 4 members (excludes halogenated alkanes) is 14. The van der Waals surface area contributed by atoms with Gasteiger partial charge >= 0.3 is 35.8 Å². The second-order valence-electron chi connectivity index (χ2n) is 15.8. The summed E-state index contributed by atoms with van der Waals surface area (Å²) in [7, 11) is 0. The highest BCUT2D eigenvalue weighted by Gasteiger charge is 2.18. The first-order valence-electron chi connectivity index (χ1n) is 23.8. The van der Waals surface area contributed by atoms with Crippen molar-refractivity contribution in [3.05, 3.63) is 119 Å². The van der Waals surface area contributed by atoms with Crippen molar-refractivity contribution in [1.29, 1.82) is 0 Å². The number of hydrogen-bond donors (Lipinski definition) is 0. The molecule has 0 unspecified atom stereocenters. The zero-order chi connectivity index (χ0) is 48.7. The molecule has 0 spiro atoms. The number of benzene rings is 4. The molecule has 4 rings (SSSR count). The van der Waals surface area contributed by atoms with Crippen molar-refractivity contribution in [3.8, 4) is 23.0 Å². The summed E-state index contributed by atoms with van der Waals surface area (Å²) in [5.74, 6) is -3.01. The summed E-state index contributed by atoms with van der Waals surface area (Å²) in [5.41, 5.74) is 0.727. The maximum Gasteiger partial charge on any atom is 0.346 e. The standard InChI is InChI=1S/C27H33FO6.C27H34O6/c1-3-5-6-7-8-9-10-11-12-25(29)33-22-17-18-23(24(28)19-22)27(31)34-21-15-13-20(14-16-21)26(30)32-4-2;1-3-5-6-7-8-9-10-11-12-25(28)32-23-17-15-22(16-18-23)27(30)33-24-19-13-21(14-20-24)26(29)31-4-2/h13-19H,3-12H2,1-2H3;13-20H,3-12H2,1-2H3. The Hall–Kier alpha value is -6.37. The molecule has 362 valence electrons. The Balaban J connectivity index is 0.000000355. The molecule has 0 saturated carbocycles. The summed E-state index contributed by atoms with van der Waals surface area (Å²) < 4.78 is 45.3. The minimum absolute atomic E-state index is 0.0393. The van der Waals surface area contributed by atoms with Crippen LogP contribution in [-0.2, 0) is 19.1 Å². The van der Waals surface area contributed by atoms with Gasteiger partial charge in [0.05, 0.1) is 35.5 Å². The highest BCUT2D eigenvalue weighted by molar-refractivity contribution is 5.93. The second kappa shape index (κ2) is 32.3. The fourth-order valence-corrected chi connectivity index (χ4v) is 6.63. The largest absolute Gasteiger partial charge is 0.462 e. The second-order valence-corrected chi connectivity index (χ2v) is 15.8. The third-order valence-electron chi connectivity index (χ3n) is 10.3. The summed E-state index contributed by atoms with van der Waals surface area (Å²) >= 11 is 0. The molecule has 0 aliphatic carbocycles. The molecule has 0 saturated heterocycles. The van der Waals surface area contributed by atoms with Crippen molar-refractivity contribution in [2.24, 2.45) is 0 Å². The van der Waals surface area contributed by atoms with Crippen LogP contribution in [0.15, 0.2) is 91.0 Å². The van der Waals surface area contributed by atoms with Gasteiger partial charge in [-0.3, -0.25) is 9.59 Å². The molecule has 0 aliphatic heterocycles. The summed E-state index contributed by atoms with van der Waals surface area (Å²) in [6.45, 7) is 8.37. The molecule has 0 aliphatic rings. The monoisotopic (exact) mass is 926 g/mol. The summed E-state index contributed by atoms with van der Waals surface area (Å²) in [6.07, 6.45) is 18.9. The topological polar surface area (TPSA) is 158 Å². The van der Waals surface area contributed by atoms with Gasteiger partial charge in [0.1, 0.15) is 28.8 Å². The van der Waals surface area contributed by atoms with Crippen molar-refractivity contribution in [3.63, 3.8) is 0 Å². The molecule has 0 heterocycles. The van der Waals surface area contributed by atoms with E-state index in [0.717, 1.165) is 44.6 Å². The normalized spacial score (nSPS) is 10.5. The molecule has 67 heavy (non-hydrogen) atoms. The van der Waals surface area contributed by atoms with Gasteiger partial charge in [-0.1, -0.05) is 104 Å². The van der Waals surface area contributed by atoms with Crippen LogP contribution < -0.4 is 18.9 Å². The number of carbonyl (C=O) groups excluding carboxylic acids is 6. The van der Waals surface area contributed by atoms with E-state index in [0.29, 0.717) is 41.2 Å². The van der Waals surface area contributed by atoms with Crippen LogP contribution in [0.2, 0.25) is 0 Å². The third kappa shape index (κ3) is 22.1. The van der Waals surface area contributed by atoms with E-state index in [4.69, 9.17) is 28.4 Å². The molecule has 0 radical (unpaired) electrons. The van der Waals surface area contributed by atoms with E-state index in [1.54, 1.807) is 38.1 Å². The predicted octanol–water partition coefficient (Wildman–Crippen LogP) is 13.2. The van der Waals surface area contributed by atoms with E-state index >= 15 is 0 Å². The van der Waals surface area contributed by atoms with Crippen LogP contribution in [0.1, 0.15) is 185 Å². The van der Waals surface area contributed by atoms with Crippen LogP contribution in [0.3, 0.4) is 0 Å². The van der Waals surface area contributed by atoms with Crippen molar-refractivity contribution < 1.29 is 61.6 Å². The average molecular weight is 927 g/mol. The van der Waals surface area contributed by atoms with Crippen molar-refractivity contribution in [2.75, 3.05) is 13.2 Å².